The van der Waals surface area contributed by atoms with E-state index in [1.54, 1.807) is 23.1 Å². The molecule has 3 aromatic carbocycles. The van der Waals surface area contributed by atoms with E-state index >= 15 is 0 Å². The number of hydrogen-bond donors (Lipinski definition) is 1. The van der Waals surface area contributed by atoms with E-state index in [1.807, 2.05) is 0 Å². The zero-order valence-electron chi connectivity index (χ0n) is 22.5. The third kappa shape index (κ3) is 6.67. The molecule has 3 aromatic rings. The number of amides is 1. The fourth-order valence-corrected chi connectivity index (χ4v) is 6.32. The van der Waals surface area contributed by atoms with Crippen LogP contribution < -0.4 is 14.5 Å². The van der Waals surface area contributed by atoms with Gasteiger partial charge in [-0.3, -0.25) is 9.10 Å². The Labute approximate surface area is 241 Å². The summed E-state index contributed by atoms with van der Waals surface area (Å²) in [4.78, 5) is 14.5. The first-order valence-electron chi connectivity index (χ1n) is 12.4. The van der Waals surface area contributed by atoms with Crippen LogP contribution in [0.15, 0.2) is 71.6 Å². The van der Waals surface area contributed by atoms with Gasteiger partial charge in [-0.05, 0) is 54.6 Å². The monoisotopic (exact) mass is 621 g/mol. The highest BCUT2D eigenvalue weighted by molar-refractivity contribution is 7.92. The number of carbonyl (C=O) groups excluding carboxylic acids is 1. The van der Waals surface area contributed by atoms with Gasteiger partial charge >= 0.3 is 6.18 Å². The lowest BCUT2D eigenvalue weighted by Crippen LogP contribution is -2.48. The SMILES string of the molecule is CN(c1ccccc1C(=O)Nc1ccc(S(=O)(=O)N2CCN(c3cc(C#N)cc(C(F)(F)F)c3)CC2)cc1)S(C)(=O)=O. The number of alkyl halides is 3. The maximum atomic E-state index is 13.3. The number of piperazine rings is 1. The fourth-order valence-electron chi connectivity index (χ4n) is 4.39. The van der Waals surface area contributed by atoms with Gasteiger partial charge in [-0.1, -0.05) is 12.1 Å². The molecule has 10 nitrogen and oxygen atoms in total. The number of nitriles is 1. The first kappa shape index (κ1) is 30.8. The van der Waals surface area contributed by atoms with Gasteiger partial charge in [-0.2, -0.15) is 22.7 Å². The third-order valence-corrected chi connectivity index (χ3v) is 9.82. The normalized spacial score (nSPS) is 14.7. The molecular weight excluding hydrogens is 595 g/mol. The number of nitrogens with one attached hydrogen (secondary N) is 1. The number of carbonyl (C=O) groups is 1. The molecule has 1 heterocycles. The van der Waals surface area contributed by atoms with Crippen molar-refractivity contribution in [3.05, 3.63) is 83.4 Å². The van der Waals surface area contributed by atoms with Crippen molar-refractivity contribution in [3.8, 4) is 6.07 Å². The predicted octanol–water partition coefficient (Wildman–Crippen LogP) is 3.74. The van der Waals surface area contributed by atoms with E-state index in [0.29, 0.717) is 0 Å². The largest absolute Gasteiger partial charge is 0.416 e. The molecular formula is C27H26F3N5O5S2. The Kier molecular flexibility index (Phi) is 8.53. The second kappa shape index (κ2) is 11.6. The molecule has 0 unspecified atom stereocenters. The number of rotatable bonds is 7. The highest BCUT2D eigenvalue weighted by Gasteiger charge is 2.33. The maximum Gasteiger partial charge on any atom is 0.416 e. The Bertz CT molecular complexity index is 1750. The van der Waals surface area contributed by atoms with E-state index in [4.69, 9.17) is 5.26 Å². The summed E-state index contributed by atoms with van der Waals surface area (Å²) >= 11 is 0. The molecule has 0 radical (unpaired) electrons. The summed E-state index contributed by atoms with van der Waals surface area (Å²) in [5.74, 6) is -0.595. The van der Waals surface area contributed by atoms with Crippen LogP contribution in [0, 0.1) is 11.3 Å². The summed E-state index contributed by atoms with van der Waals surface area (Å²) in [6.07, 6.45) is -3.62. The average Bonchev–Trinajstić information content (AvgIpc) is 2.96. The smallest absolute Gasteiger partial charge is 0.369 e. The molecule has 1 aliphatic heterocycles. The number of anilines is 3. The van der Waals surface area contributed by atoms with E-state index in [1.165, 1.54) is 53.8 Å². The predicted molar refractivity (Wildman–Crippen MR) is 151 cm³/mol. The first-order chi connectivity index (χ1) is 19.6. The number of sulfonamides is 2. The van der Waals surface area contributed by atoms with Crippen molar-refractivity contribution in [1.82, 2.24) is 4.31 Å². The van der Waals surface area contributed by atoms with Crippen molar-refractivity contribution in [3.63, 3.8) is 0 Å². The van der Waals surface area contributed by atoms with E-state index in [9.17, 15) is 34.8 Å². The molecule has 1 amide bonds. The van der Waals surface area contributed by atoms with Gasteiger partial charge in [-0.25, -0.2) is 16.8 Å². The topological polar surface area (TPSA) is 131 Å². The number of nitrogens with zero attached hydrogens (tertiary/aromatic N) is 4. The van der Waals surface area contributed by atoms with Crippen LogP contribution in [0.1, 0.15) is 21.5 Å². The van der Waals surface area contributed by atoms with E-state index in [-0.39, 0.29) is 59.3 Å². The van der Waals surface area contributed by atoms with Crippen LogP contribution in [0.5, 0.6) is 0 Å². The quantitative estimate of drug-likeness (QED) is 0.425. The summed E-state index contributed by atoms with van der Waals surface area (Å²) in [7, 11) is -6.26. The van der Waals surface area contributed by atoms with Gasteiger partial charge in [0.2, 0.25) is 20.0 Å². The fraction of sp³-hybridized carbons (Fsp3) is 0.259. The molecule has 1 saturated heterocycles. The first-order valence-corrected chi connectivity index (χ1v) is 15.7. The Morgan fingerprint density at radius 1 is 0.952 bits per heavy atom. The molecule has 0 spiro atoms. The van der Waals surface area contributed by atoms with Gasteiger partial charge in [0, 0.05) is 44.6 Å². The van der Waals surface area contributed by atoms with Crippen LogP contribution in [0.3, 0.4) is 0 Å². The van der Waals surface area contributed by atoms with Gasteiger partial charge < -0.3 is 10.2 Å². The Morgan fingerprint density at radius 3 is 2.14 bits per heavy atom. The zero-order valence-corrected chi connectivity index (χ0v) is 24.1. The van der Waals surface area contributed by atoms with Crippen LogP contribution in [0.4, 0.5) is 30.2 Å². The van der Waals surface area contributed by atoms with Gasteiger partial charge in [0.15, 0.2) is 0 Å². The molecule has 0 aliphatic carbocycles. The number of para-hydroxylation sites is 1. The summed E-state index contributed by atoms with van der Waals surface area (Å²) in [6.45, 7) is 0.231. The molecule has 1 aliphatic rings. The second-order valence-electron chi connectivity index (χ2n) is 9.50. The molecule has 42 heavy (non-hydrogen) atoms. The number of hydrogen-bond acceptors (Lipinski definition) is 7. The summed E-state index contributed by atoms with van der Waals surface area (Å²) in [6, 6.07) is 16.3. The van der Waals surface area contributed by atoms with Crippen LogP contribution in [-0.2, 0) is 26.2 Å². The van der Waals surface area contributed by atoms with E-state index < -0.39 is 37.7 Å². The highest BCUT2D eigenvalue weighted by atomic mass is 32.2. The van der Waals surface area contributed by atoms with Crippen LogP contribution in [-0.4, -0.2) is 66.5 Å². The van der Waals surface area contributed by atoms with Gasteiger partial charge in [0.1, 0.15) is 0 Å². The summed E-state index contributed by atoms with van der Waals surface area (Å²) in [5.41, 5.74) is -0.369. The minimum atomic E-state index is -4.63. The van der Waals surface area contributed by atoms with Gasteiger partial charge in [0.05, 0.1) is 39.6 Å². The molecule has 222 valence electrons. The van der Waals surface area contributed by atoms with E-state index in [2.05, 4.69) is 5.32 Å². The van der Waals surface area contributed by atoms with Gasteiger partial charge in [0.25, 0.3) is 5.91 Å². The Hall–Kier alpha value is -4.13. The van der Waals surface area contributed by atoms with Crippen molar-refractivity contribution in [2.45, 2.75) is 11.1 Å². The lowest BCUT2D eigenvalue weighted by atomic mass is 10.1. The maximum absolute atomic E-state index is 13.3. The molecule has 0 aromatic heterocycles. The summed E-state index contributed by atoms with van der Waals surface area (Å²) in [5, 5.41) is 11.8. The molecule has 0 atom stereocenters. The molecule has 4 rings (SSSR count). The highest BCUT2D eigenvalue weighted by Crippen LogP contribution is 2.33. The van der Waals surface area contributed by atoms with Gasteiger partial charge in [-0.15, -0.1) is 0 Å². The van der Waals surface area contributed by atoms with Crippen LogP contribution in [0.25, 0.3) is 0 Å². The third-order valence-electron chi connectivity index (χ3n) is 6.71. The van der Waals surface area contributed by atoms with E-state index in [0.717, 1.165) is 22.7 Å². The standard InChI is InChI=1S/C27H26F3N5O5S2/c1-33(41(2,37)38)25-6-4-3-5-24(25)26(36)32-21-7-9-23(10-8-21)42(39,40)35-13-11-34(12-14-35)22-16-19(18-31)15-20(17-22)27(28,29)30/h3-10,15-17H,11-14H2,1-2H3,(H,32,36). The van der Waals surface area contributed by atoms with Crippen molar-refractivity contribution in [2.24, 2.45) is 0 Å². The van der Waals surface area contributed by atoms with Crippen LogP contribution in [0.2, 0.25) is 0 Å². The molecule has 1 fully saturated rings. The van der Waals surface area contributed by atoms with Crippen LogP contribution >= 0.6 is 0 Å². The number of benzene rings is 3. The average molecular weight is 622 g/mol. The van der Waals surface area contributed by atoms with Crippen molar-refractivity contribution >= 4 is 43.0 Å². The molecule has 15 heteroatoms. The zero-order chi connectivity index (χ0) is 30.9. The lowest BCUT2D eigenvalue weighted by molar-refractivity contribution is -0.137. The Balaban J connectivity index is 1.45. The molecule has 0 saturated carbocycles. The minimum absolute atomic E-state index is 0.00356. The Morgan fingerprint density at radius 2 is 1.57 bits per heavy atom. The van der Waals surface area contributed by atoms with Crippen molar-refractivity contribution < 1.29 is 34.8 Å². The second-order valence-corrected chi connectivity index (χ2v) is 13.4. The number of halogens is 3. The lowest BCUT2D eigenvalue weighted by Gasteiger charge is -2.35. The molecule has 1 N–H and O–H groups in total. The minimum Gasteiger partial charge on any atom is -0.369 e. The summed E-state index contributed by atoms with van der Waals surface area (Å²) < 4.78 is 92.5. The van der Waals surface area contributed by atoms with Crippen molar-refractivity contribution in [2.75, 3.05) is 54.0 Å². The molecule has 0 bridgehead atoms. The van der Waals surface area contributed by atoms with Crippen molar-refractivity contribution in [1.29, 1.82) is 5.26 Å².